The molecule has 0 saturated heterocycles. The van der Waals surface area contributed by atoms with Crippen LogP contribution in [0.25, 0.3) is 0 Å². The van der Waals surface area contributed by atoms with E-state index in [9.17, 15) is 4.79 Å². The molecular weight excluding hydrogens is 242 g/mol. The maximum absolute atomic E-state index is 11.2. The predicted molar refractivity (Wildman–Crippen MR) is 73.4 cm³/mol. The van der Waals surface area contributed by atoms with Crippen molar-refractivity contribution in [3.63, 3.8) is 0 Å². The van der Waals surface area contributed by atoms with Crippen LogP contribution < -0.4 is 14.8 Å². The molecule has 0 bridgehead atoms. The lowest BCUT2D eigenvalue weighted by molar-refractivity contribution is -0.116. The summed E-state index contributed by atoms with van der Waals surface area (Å²) in [6, 6.07) is 3.96. The lowest BCUT2D eigenvalue weighted by Crippen LogP contribution is -2.20. The van der Waals surface area contributed by atoms with Gasteiger partial charge in [0.15, 0.2) is 0 Å². The van der Waals surface area contributed by atoms with E-state index in [1.54, 1.807) is 0 Å². The number of carbonyl (C=O) groups is 1. The zero-order valence-corrected chi connectivity index (χ0v) is 11.4. The summed E-state index contributed by atoms with van der Waals surface area (Å²) in [4.78, 5) is 11.2. The maximum atomic E-state index is 11.2. The van der Waals surface area contributed by atoms with Gasteiger partial charge in [-0.05, 0) is 32.1 Å². The fourth-order valence-electron chi connectivity index (χ4n) is 2.16. The van der Waals surface area contributed by atoms with Crippen molar-refractivity contribution in [2.24, 2.45) is 0 Å². The Balaban J connectivity index is 2.22. The molecule has 1 aromatic carbocycles. The van der Waals surface area contributed by atoms with E-state index >= 15 is 0 Å². The number of amides is 1. The van der Waals surface area contributed by atoms with Crippen molar-refractivity contribution < 1.29 is 14.3 Å². The third-order valence-corrected chi connectivity index (χ3v) is 3.02. The molecular formula is C15H19NO3. The highest BCUT2D eigenvalue weighted by Crippen LogP contribution is 2.35. The van der Waals surface area contributed by atoms with Crippen molar-refractivity contribution in [3.05, 3.63) is 35.9 Å². The van der Waals surface area contributed by atoms with Gasteiger partial charge in [-0.15, -0.1) is 0 Å². The normalized spacial score (nSPS) is 16.4. The SMILES string of the molecule is C=CC(=O)NCc1cc2c(cc1OCC)CC(C)O2. The van der Waals surface area contributed by atoms with Crippen molar-refractivity contribution in [1.82, 2.24) is 5.32 Å². The molecule has 0 saturated carbocycles. The van der Waals surface area contributed by atoms with E-state index < -0.39 is 0 Å². The van der Waals surface area contributed by atoms with E-state index in [4.69, 9.17) is 9.47 Å². The molecule has 19 heavy (non-hydrogen) atoms. The molecule has 0 aromatic heterocycles. The van der Waals surface area contributed by atoms with Gasteiger partial charge in [0.05, 0.1) is 6.61 Å². The Bertz CT molecular complexity index is 496. The lowest BCUT2D eigenvalue weighted by atomic mass is 10.1. The van der Waals surface area contributed by atoms with E-state index in [1.165, 1.54) is 6.08 Å². The summed E-state index contributed by atoms with van der Waals surface area (Å²) < 4.78 is 11.4. The number of ether oxygens (including phenoxy) is 2. The highest BCUT2D eigenvalue weighted by molar-refractivity contribution is 5.86. The summed E-state index contributed by atoms with van der Waals surface area (Å²) in [5, 5.41) is 2.76. The molecule has 1 atom stereocenters. The van der Waals surface area contributed by atoms with Crippen molar-refractivity contribution in [2.75, 3.05) is 6.61 Å². The standard InChI is InChI=1S/C15H19NO3/c1-4-15(17)16-9-12-8-14-11(6-10(3)19-14)7-13(12)18-5-2/h4,7-8,10H,1,5-6,9H2,2-3H3,(H,16,17). The first-order chi connectivity index (χ1) is 9.13. The van der Waals surface area contributed by atoms with E-state index in [1.807, 2.05) is 26.0 Å². The molecule has 0 spiro atoms. The minimum Gasteiger partial charge on any atom is -0.494 e. The number of rotatable bonds is 5. The van der Waals surface area contributed by atoms with Crippen LogP contribution in [0, 0.1) is 0 Å². The van der Waals surface area contributed by atoms with E-state index in [0.717, 1.165) is 29.0 Å². The van der Waals surface area contributed by atoms with Crippen LogP contribution in [0.15, 0.2) is 24.8 Å². The fraction of sp³-hybridized carbons (Fsp3) is 0.400. The minimum atomic E-state index is -0.197. The molecule has 1 aliphatic rings. The Morgan fingerprint density at radius 1 is 1.63 bits per heavy atom. The van der Waals surface area contributed by atoms with Crippen LogP contribution in [0.5, 0.6) is 11.5 Å². The largest absolute Gasteiger partial charge is 0.494 e. The third kappa shape index (κ3) is 3.08. The molecule has 1 heterocycles. The van der Waals surface area contributed by atoms with Crippen LogP contribution in [-0.2, 0) is 17.8 Å². The molecule has 1 amide bonds. The van der Waals surface area contributed by atoms with Crippen molar-refractivity contribution in [3.8, 4) is 11.5 Å². The van der Waals surface area contributed by atoms with Crippen molar-refractivity contribution >= 4 is 5.91 Å². The van der Waals surface area contributed by atoms with Gasteiger partial charge in [-0.25, -0.2) is 0 Å². The second-order valence-corrected chi connectivity index (χ2v) is 4.56. The zero-order chi connectivity index (χ0) is 13.8. The van der Waals surface area contributed by atoms with Crippen LogP contribution in [-0.4, -0.2) is 18.6 Å². The van der Waals surface area contributed by atoms with Gasteiger partial charge < -0.3 is 14.8 Å². The lowest BCUT2D eigenvalue weighted by Gasteiger charge is -2.12. The summed E-state index contributed by atoms with van der Waals surface area (Å²) in [5.41, 5.74) is 2.08. The summed E-state index contributed by atoms with van der Waals surface area (Å²) in [5.74, 6) is 1.50. The van der Waals surface area contributed by atoms with E-state index in [-0.39, 0.29) is 12.0 Å². The van der Waals surface area contributed by atoms with Gasteiger partial charge in [0.2, 0.25) is 5.91 Å². The van der Waals surface area contributed by atoms with Gasteiger partial charge in [0.25, 0.3) is 0 Å². The first kappa shape index (κ1) is 13.5. The summed E-state index contributed by atoms with van der Waals surface area (Å²) in [6.07, 6.45) is 2.35. The van der Waals surface area contributed by atoms with Gasteiger partial charge >= 0.3 is 0 Å². The van der Waals surface area contributed by atoms with Crippen LogP contribution in [0.2, 0.25) is 0 Å². The number of carbonyl (C=O) groups excluding carboxylic acids is 1. The molecule has 1 aromatic rings. The van der Waals surface area contributed by atoms with Gasteiger partial charge in [0, 0.05) is 24.1 Å². The predicted octanol–water partition coefficient (Wildman–Crippen LogP) is 2.21. The first-order valence-electron chi connectivity index (χ1n) is 6.49. The quantitative estimate of drug-likeness (QED) is 0.827. The van der Waals surface area contributed by atoms with E-state index in [0.29, 0.717) is 13.2 Å². The highest BCUT2D eigenvalue weighted by atomic mass is 16.5. The Kier molecular flexibility index (Phi) is 4.10. The fourth-order valence-corrected chi connectivity index (χ4v) is 2.16. The number of nitrogens with one attached hydrogen (secondary N) is 1. The van der Waals surface area contributed by atoms with Gasteiger partial charge in [0.1, 0.15) is 17.6 Å². The Morgan fingerprint density at radius 2 is 2.42 bits per heavy atom. The van der Waals surface area contributed by atoms with Crippen LogP contribution in [0.1, 0.15) is 25.0 Å². The Morgan fingerprint density at radius 3 is 3.11 bits per heavy atom. The van der Waals surface area contributed by atoms with Gasteiger partial charge in [-0.2, -0.15) is 0 Å². The summed E-state index contributed by atoms with van der Waals surface area (Å²) in [7, 11) is 0. The molecule has 1 aliphatic heterocycles. The summed E-state index contributed by atoms with van der Waals surface area (Å²) >= 11 is 0. The first-order valence-corrected chi connectivity index (χ1v) is 6.49. The van der Waals surface area contributed by atoms with Crippen LogP contribution in [0.3, 0.4) is 0 Å². The molecule has 102 valence electrons. The molecule has 4 heteroatoms. The van der Waals surface area contributed by atoms with Gasteiger partial charge in [-0.1, -0.05) is 6.58 Å². The molecule has 4 nitrogen and oxygen atoms in total. The second kappa shape index (κ2) is 5.78. The van der Waals surface area contributed by atoms with Crippen LogP contribution >= 0.6 is 0 Å². The minimum absolute atomic E-state index is 0.197. The van der Waals surface area contributed by atoms with Crippen molar-refractivity contribution in [1.29, 1.82) is 0 Å². The monoisotopic (exact) mass is 261 g/mol. The topological polar surface area (TPSA) is 47.6 Å². The molecule has 2 rings (SSSR count). The number of hydrogen-bond acceptors (Lipinski definition) is 3. The summed E-state index contributed by atoms with van der Waals surface area (Å²) in [6.45, 7) is 8.42. The highest BCUT2D eigenvalue weighted by Gasteiger charge is 2.21. The Hall–Kier alpha value is -1.97. The van der Waals surface area contributed by atoms with Crippen LogP contribution in [0.4, 0.5) is 0 Å². The van der Waals surface area contributed by atoms with E-state index in [2.05, 4.69) is 11.9 Å². The number of hydrogen-bond donors (Lipinski definition) is 1. The third-order valence-electron chi connectivity index (χ3n) is 3.02. The maximum Gasteiger partial charge on any atom is 0.243 e. The molecule has 1 N–H and O–H groups in total. The molecule has 0 aliphatic carbocycles. The van der Waals surface area contributed by atoms with Gasteiger partial charge in [-0.3, -0.25) is 4.79 Å². The molecule has 0 fully saturated rings. The zero-order valence-electron chi connectivity index (χ0n) is 11.4. The number of benzene rings is 1. The number of fused-ring (bicyclic) bond motifs is 1. The van der Waals surface area contributed by atoms with Crippen molar-refractivity contribution in [2.45, 2.75) is 32.9 Å². The second-order valence-electron chi connectivity index (χ2n) is 4.56. The average Bonchev–Trinajstić information content (AvgIpc) is 2.75. The molecule has 1 unspecified atom stereocenters. The average molecular weight is 261 g/mol. The Labute approximate surface area is 113 Å². The smallest absolute Gasteiger partial charge is 0.243 e. The molecule has 0 radical (unpaired) electrons.